The van der Waals surface area contributed by atoms with Crippen LogP contribution in [0.5, 0.6) is 0 Å². The minimum absolute atomic E-state index is 0.0939. The molecule has 0 saturated heterocycles. The minimum atomic E-state index is -0.209. The van der Waals surface area contributed by atoms with Crippen LogP contribution in [0.3, 0.4) is 0 Å². The molecule has 1 unspecified atom stereocenters. The lowest BCUT2D eigenvalue weighted by Gasteiger charge is -2.15. The normalized spacial score (nSPS) is 24.3. The van der Waals surface area contributed by atoms with E-state index in [1.165, 1.54) is 0 Å². The molecule has 0 aromatic rings. The molecule has 0 aromatic carbocycles. The fourth-order valence-electron chi connectivity index (χ4n) is 1.43. The zero-order valence-electron chi connectivity index (χ0n) is 8.20. The van der Waals surface area contributed by atoms with Crippen LogP contribution in [0.25, 0.3) is 0 Å². The molecule has 0 fully saturated rings. The molecule has 0 bridgehead atoms. The summed E-state index contributed by atoms with van der Waals surface area (Å²) in [6, 6.07) is 0. The van der Waals surface area contributed by atoms with Gasteiger partial charge in [0.25, 0.3) is 5.91 Å². The third kappa shape index (κ3) is 2.13. The maximum absolute atomic E-state index is 11.6. The number of fused-ring (bicyclic) bond motifs is 1. The van der Waals surface area contributed by atoms with E-state index in [-0.39, 0.29) is 10.7 Å². The van der Waals surface area contributed by atoms with E-state index < -0.39 is 0 Å². The number of nitrogens with one attached hydrogen (secondary N) is 1. The number of carbonyl (C=O) groups excluding carboxylic acids is 1. The van der Waals surface area contributed by atoms with Crippen molar-refractivity contribution < 1.29 is 4.79 Å². The SMILES string of the molecule is CNCC1=NC(=O)C2=CC(Br)C=CC2=N1. The van der Waals surface area contributed by atoms with Crippen molar-refractivity contribution in [3.63, 3.8) is 0 Å². The third-order valence-electron chi connectivity index (χ3n) is 2.09. The number of rotatable bonds is 2. The van der Waals surface area contributed by atoms with Gasteiger partial charge in [0.05, 0.1) is 22.7 Å². The second-order valence-corrected chi connectivity index (χ2v) is 4.30. The first-order valence-corrected chi connectivity index (χ1v) is 5.52. The van der Waals surface area contributed by atoms with Crippen LogP contribution < -0.4 is 5.32 Å². The van der Waals surface area contributed by atoms with E-state index >= 15 is 0 Å². The van der Waals surface area contributed by atoms with Crippen LogP contribution in [0.2, 0.25) is 0 Å². The van der Waals surface area contributed by atoms with Gasteiger partial charge in [0, 0.05) is 0 Å². The number of likely N-dealkylation sites (N-methyl/N-ethyl adjacent to an activating group) is 1. The molecule has 4 nitrogen and oxygen atoms in total. The molecule has 5 heteroatoms. The number of halogens is 1. The smallest absolute Gasteiger partial charge is 0.280 e. The van der Waals surface area contributed by atoms with E-state index in [0.29, 0.717) is 23.7 Å². The van der Waals surface area contributed by atoms with E-state index in [0.717, 1.165) is 0 Å². The highest BCUT2D eigenvalue weighted by molar-refractivity contribution is 9.09. The van der Waals surface area contributed by atoms with Gasteiger partial charge in [-0.25, -0.2) is 4.99 Å². The Hall–Kier alpha value is -1.07. The van der Waals surface area contributed by atoms with Crippen molar-refractivity contribution in [1.29, 1.82) is 0 Å². The van der Waals surface area contributed by atoms with Crippen LogP contribution in [0, 0.1) is 0 Å². The molecule has 0 radical (unpaired) electrons. The summed E-state index contributed by atoms with van der Waals surface area (Å²) in [5, 5.41) is 2.92. The molecular weight excluding hydrogens is 258 g/mol. The number of hydrogen-bond donors (Lipinski definition) is 1. The fraction of sp³-hybridized carbons (Fsp3) is 0.300. The Bertz CT molecular complexity index is 420. The average Bonchev–Trinajstić information content (AvgIpc) is 2.20. The van der Waals surface area contributed by atoms with Crippen molar-refractivity contribution >= 4 is 33.4 Å². The molecular formula is C10H10BrN3O. The lowest BCUT2D eigenvalue weighted by Crippen LogP contribution is -2.26. The van der Waals surface area contributed by atoms with Gasteiger partial charge in [-0.3, -0.25) is 4.79 Å². The highest BCUT2D eigenvalue weighted by atomic mass is 79.9. The van der Waals surface area contributed by atoms with Gasteiger partial charge in [-0.2, -0.15) is 4.99 Å². The molecule has 1 N–H and O–H groups in total. The molecule has 1 aliphatic heterocycles. The topological polar surface area (TPSA) is 53.8 Å². The predicted octanol–water partition coefficient (Wildman–Crippen LogP) is 0.845. The van der Waals surface area contributed by atoms with Gasteiger partial charge in [0.1, 0.15) is 5.84 Å². The number of hydrogen-bond acceptors (Lipinski definition) is 3. The largest absolute Gasteiger partial charge is 0.313 e. The summed E-state index contributed by atoms with van der Waals surface area (Å²) < 4.78 is 0. The van der Waals surface area contributed by atoms with Crippen molar-refractivity contribution in [2.24, 2.45) is 9.98 Å². The highest BCUT2D eigenvalue weighted by Crippen LogP contribution is 2.19. The summed E-state index contributed by atoms with van der Waals surface area (Å²) in [6.45, 7) is 0.508. The number of carbonyl (C=O) groups is 1. The summed E-state index contributed by atoms with van der Waals surface area (Å²) in [5.74, 6) is 0.325. The van der Waals surface area contributed by atoms with E-state index in [2.05, 4.69) is 31.2 Å². The van der Waals surface area contributed by atoms with Gasteiger partial charge in [-0.05, 0) is 13.1 Å². The zero-order valence-corrected chi connectivity index (χ0v) is 9.78. The molecule has 2 rings (SSSR count). The number of nitrogens with zero attached hydrogens (tertiary/aromatic N) is 2. The monoisotopic (exact) mass is 267 g/mol. The molecule has 1 aliphatic carbocycles. The second-order valence-electron chi connectivity index (χ2n) is 3.24. The lowest BCUT2D eigenvalue weighted by atomic mass is 10.0. The summed E-state index contributed by atoms with van der Waals surface area (Å²) in [6.07, 6.45) is 5.61. The summed E-state index contributed by atoms with van der Waals surface area (Å²) in [7, 11) is 1.80. The Kier molecular flexibility index (Phi) is 2.93. The number of aliphatic imine (C=N–C) groups is 2. The molecule has 1 heterocycles. The summed E-state index contributed by atoms with van der Waals surface area (Å²) >= 11 is 3.39. The third-order valence-corrected chi connectivity index (χ3v) is 2.65. The maximum atomic E-state index is 11.6. The molecule has 0 spiro atoms. The van der Waals surface area contributed by atoms with Crippen molar-refractivity contribution in [3.8, 4) is 0 Å². The first-order chi connectivity index (χ1) is 7.20. The summed E-state index contributed by atoms with van der Waals surface area (Å²) in [4.78, 5) is 19.9. The molecule has 78 valence electrons. The molecule has 1 atom stereocenters. The molecule has 2 aliphatic rings. The Morgan fingerprint density at radius 2 is 2.33 bits per heavy atom. The first kappa shape index (κ1) is 10.4. The van der Waals surface area contributed by atoms with Gasteiger partial charge in [0.15, 0.2) is 0 Å². The summed E-state index contributed by atoms with van der Waals surface area (Å²) in [5.41, 5.74) is 1.29. The average molecular weight is 268 g/mol. The van der Waals surface area contributed by atoms with E-state index in [9.17, 15) is 4.79 Å². The Morgan fingerprint density at radius 1 is 1.53 bits per heavy atom. The minimum Gasteiger partial charge on any atom is -0.313 e. The van der Waals surface area contributed by atoms with Crippen LogP contribution >= 0.6 is 15.9 Å². The van der Waals surface area contributed by atoms with Gasteiger partial charge in [-0.1, -0.05) is 28.1 Å². The molecule has 0 saturated carbocycles. The van der Waals surface area contributed by atoms with E-state index in [1.54, 1.807) is 7.05 Å². The Morgan fingerprint density at radius 3 is 3.07 bits per heavy atom. The predicted molar refractivity (Wildman–Crippen MR) is 63.7 cm³/mol. The number of amides is 1. The first-order valence-electron chi connectivity index (χ1n) is 4.60. The number of amidine groups is 1. The van der Waals surface area contributed by atoms with Crippen molar-refractivity contribution in [2.75, 3.05) is 13.6 Å². The van der Waals surface area contributed by atoms with Crippen LogP contribution in [-0.2, 0) is 4.79 Å². The van der Waals surface area contributed by atoms with Crippen LogP contribution in [0.4, 0.5) is 0 Å². The van der Waals surface area contributed by atoms with Gasteiger partial charge >= 0.3 is 0 Å². The second kappa shape index (κ2) is 4.20. The fourth-order valence-corrected chi connectivity index (χ4v) is 1.85. The van der Waals surface area contributed by atoms with Crippen molar-refractivity contribution in [3.05, 3.63) is 23.8 Å². The van der Waals surface area contributed by atoms with E-state index in [4.69, 9.17) is 0 Å². The van der Waals surface area contributed by atoms with Crippen molar-refractivity contribution in [2.45, 2.75) is 4.83 Å². The molecule has 1 amide bonds. The number of allylic oxidation sites excluding steroid dienone is 3. The quantitative estimate of drug-likeness (QED) is 0.755. The zero-order chi connectivity index (χ0) is 10.8. The molecule has 15 heavy (non-hydrogen) atoms. The Labute approximate surface area is 96.0 Å². The van der Waals surface area contributed by atoms with Gasteiger partial charge < -0.3 is 5.32 Å². The highest BCUT2D eigenvalue weighted by Gasteiger charge is 2.23. The Balaban J connectivity index is 2.33. The van der Waals surface area contributed by atoms with Gasteiger partial charge in [-0.15, -0.1) is 0 Å². The lowest BCUT2D eigenvalue weighted by molar-refractivity contribution is -0.113. The van der Waals surface area contributed by atoms with Gasteiger partial charge in [0.2, 0.25) is 0 Å². The van der Waals surface area contributed by atoms with Crippen LogP contribution in [-0.4, -0.2) is 35.9 Å². The van der Waals surface area contributed by atoms with E-state index in [1.807, 2.05) is 18.2 Å². The standard InChI is InChI=1S/C10H10BrN3O/c1-12-5-9-13-8-3-2-6(11)4-7(8)10(15)14-9/h2-4,6,12H,5H2,1H3. The number of alkyl halides is 1. The van der Waals surface area contributed by atoms with Crippen LogP contribution in [0.1, 0.15) is 0 Å². The van der Waals surface area contributed by atoms with Crippen LogP contribution in [0.15, 0.2) is 33.8 Å². The molecule has 0 aromatic heterocycles. The van der Waals surface area contributed by atoms with Crippen molar-refractivity contribution in [1.82, 2.24) is 5.32 Å². The maximum Gasteiger partial charge on any atom is 0.280 e.